The van der Waals surface area contributed by atoms with E-state index in [2.05, 4.69) is 27.6 Å². The maximum atomic E-state index is 13.4. The monoisotopic (exact) mass is 283 g/mol. The Morgan fingerprint density at radius 2 is 1.75 bits per heavy atom. The number of unbranched alkanes of at least 4 members (excludes halogenated alkanes) is 7. The van der Waals surface area contributed by atoms with E-state index in [1.807, 2.05) is 0 Å². The average Bonchev–Trinajstić information content (AvgIpc) is 2.47. The standard InChI is InChI=1S/C14H26FN5/c1-2-3-4-5-6-7-8-9-10-17-13-12(15)11-18-14(19-13)20-16/h11H,2-10,16H2,1H3,(H2,17,18,19,20). The van der Waals surface area contributed by atoms with Crippen LogP contribution in [0.25, 0.3) is 0 Å². The molecule has 0 spiro atoms. The van der Waals surface area contributed by atoms with Crippen LogP contribution in [0.1, 0.15) is 58.3 Å². The third kappa shape index (κ3) is 6.65. The van der Waals surface area contributed by atoms with Gasteiger partial charge in [0.2, 0.25) is 5.95 Å². The lowest BCUT2D eigenvalue weighted by Crippen LogP contribution is -2.13. The first-order chi connectivity index (χ1) is 9.77. The molecule has 1 heterocycles. The first-order valence-corrected chi connectivity index (χ1v) is 7.51. The number of nitrogens with one attached hydrogen (secondary N) is 2. The zero-order chi connectivity index (χ0) is 14.6. The van der Waals surface area contributed by atoms with Gasteiger partial charge in [-0.15, -0.1) is 0 Å². The number of nitrogens with zero attached hydrogens (tertiary/aromatic N) is 2. The highest BCUT2D eigenvalue weighted by Crippen LogP contribution is 2.12. The van der Waals surface area contributed by atoms with Gasteiger partial charge in [-0.3, -0.25) is 5.43 Å². The summed E-state index contributed by atoms with van der Waals surface area (Å²) in [6.45, 7) is 2.94. The van der Waals surface area contributed by atoms with Crippen LogP contribution in [-0.2, 0) is 0 Å². The normalized spacial score (nSPS) is 10.6. The Morgan fingerprint density at radius 3 is 2.40 bits per heavy atom. The molecule has 0 aliphatic rings. The summed E-state index contributed by atoms with van der Waals surface area (Å²) in [5.41, 5.74) is 2.30. The predicted octanol–water partition coefficient (Wildman–Crippen LogP) is 3.45. The number of nitrogen functional groups attached to an aromatic ring is 1. The maximum Gasteiger partial charge on any atom is 0.239 e. The fourth-order valence-corrected chi connectivity index (χ4v) is 2.03. The van der Waals surface area contributed by atoms with Gasteiger partial charge in [0.1, 0.15) is 0 Å². The van der Waals surface area contributed by atoms with Crippen molar-refractivity contribution in [3.05, 3.63) is 12.0 Å². The molecule has 1 aromatic heterocycles. The minimum absolute atomic E-state index is 0.205. The fraction of sp³-hybridized carbons (Fsp3) is 0.714. The van der Waals surface area contributed by atoms with Gasteiger partial charge >= 0.3 is 0 Å². The quantitative estimate of drug-likeness (QED) is 0.329. The highest BCUT2D eigenvalue weighted by Gasteiger charge is 2.05. The topological polar surface area (TPSA) is 75.9 Å². The molecule has 20 heavy (non-hydrogen) atoms. The van der Waals surface area contributed by atoms with E-state index in [9.17, 15) is 4.39 Å². The van der Waals surface area contributed by atoms with Crippen molar-refractivity contribution in [2.75, 3.05) is 17.3 Å². The van der Waals surface area contributed by atoms with Crippen LogP contribution in [0.5, 0.6) is 0 Å². The van der Waals surface area contributed by atoms with Gasteiger partial charge in [0, 0.05) is 6.54 Å². The van der Waals surface area contributed by atoms with Gasteiger partial charge in [0.15, 0.2) is 11.6 Å². The second-order valence-electron chi connectivity index (χ2n) is 4.94. The van der Waals surface area contributed by atoms with Crippen molar-refractivity contribution in [1.82, 2.24) is 9.97 Å². The van der Waals surface area contributed by atoms with Crippen LogP contribution in [0.4, 0.5) is 16.2 Å². The van der Waals surface area contributed by atoms with Crippen molar-refractivity contribution in [1.29, 1.82) is 0 Å². The van der Waals surface area contributed by atoms with E-state index in [0.717, 1.165) is 19.0 Å². The Morgan fingerprint density at radius 1 is 1.10 bits per heavy atom. The largest absolute Gasteiger partial charge is 0.367 e. The number of anilines is 2. The molecule has 6 heteroatoms. The Bertz CT molecular complexity index is 373. The molecular weight excluding hydrogens is 257 g/mol. The van der Waals surface area contributed by atoms with Crippen LogP contribution in [0, 0.1) is 5.82 Å². The van der Waals surface area contributed by atoms with Crippen molar-refractivity contribution in [2.45, 2.75) is 58.3 Å². The van der Waals surface area contributed by atoms with E-state index in [1.165, 1.54) is 38.5 Å². The second kappa shape index (κ2) is 10.4. The van der Waals surface area contributed by atoms with Gasteiger partial charge in [0.25, 0.3) is 0 Å². The number of aromatic nitrogens is 2. The van der Waals surface area contributed by atoms with Gasteiger partial charge in [-0.2, -0.15) is 4.98 Å². The molecule has 0 unspecified atom stereocenters. The van der Waals surface area contributed by atoms with Crippen LogP contribution < -0.4 is 16.6 Å². The third-order valence-electron chi connectivity index (χ3n) is 3.20. The molecule has 0 bridgehead atoms. The number of hydrogen-bond acceptors (Lipinski definition) is 5. The van der Waals surface area contributed by atoms with E-state index < -0.39 is 5.82 Å². The van der Waals surface area contributed by atoms with Crippen LogP contribution in [0.2, 0.25) is 0 Å². The van der Waals surface area contributed by atoms with Crippen molar-refractivity contribution in [2.24, 2.45) is 5.84 Å². The molecule has 1 rings (SSSR count). The van der Waals surface area contributed by atoms with Crippen LogP contribution >= 0.6 is 0 Å². The lowest BCUT2D eigenvalue weighted by molar-refractivity contribution is 0.579. The molecule has 0 fully saturated rings. The Labute approximate surface area is 120 Å². The summed E-state index contributed by atoms with van der Waals surface area (Å²) >= 11 is 0. The smallest absolute Gasteiger partial charge is 0.239 e. The highest BCUT2D eigenvalue weighted by molar-refractivity contribution is 5.40. The molecule has 0 radical (unpaired) electrons. The van der Waals surface area contributed by atoms with Crippen LogP contribution in [0.3, 0.4) is 0 Å². The molecule has 0 atom stereocenters. The molecule has 0 saturated carbocycles. The molecular formula is C14H26FN5. The first kappa shape index (κ1) is 16.6. The molecule has 0 aliphatic carbocycles. The summed E-state index contributed by atoms with van der Waals surface area (Å²) in [6.07, 6.45) is 11.1. The molecule has 5 nitrogen and oxygen atoms in total. The lowest BCUT2D eigenvalue weighted by atomic mass is 10.1. The molecule has 0 aromatic carbocycles. The Hall–Kier alpha value is -1.43. The number of hydrazine groups is 1. The van der Waals surface area contributed by atoms with Gasteiger partial charge in [-0.05, 0) is 6.42 Å². The summed E-state index contributed by atoms with van der Waals surface area (Å²) in [4.78, 5) is 7.61. The molecule has 114 valence electrons. The van der Waals surface area contributed by atoms with Gasteiger partial charge in [-0.1, -0.05) is 51.9 Å². The minimum Gasteiger partial charge on any atom is -0.367 e. The van der Waals surface area contributed by atoms with Gasteiger partial charge in [0.05, 0.1) is 6.20 Å². The van der Waals surface area contributed by atoms with Gasteiger partial charge < -0.3 is 5.32 Å². The SMILES string of the molecule is CCCCCCCCCCNc1nc(NN)ncc1F. The maximum absolute atomic E-state index is 13.4. The summed E-state index contributed by atoms with van der Waals surface area (Å²) in [5.74, 6) is 5.15. The van der Waals surface area contributed by atoms with Crippen molar-refractivity contribution < 1.29 is 4.39 Å². The molecule has 4 N–H and O–H groups in total. The average molecular weight is 283 g/mol. The zero-order valence-corrected chi connectivity index (χ0v) is 12.3. The third-order valence-corrected chi connectivity index (χ3v) is 3.20. The first-order valence-electron chi connectivity index (χ1n) is 7.51. The molecule has 0 saturated heterocycles. The highest BCUT2D eigenvalue weighted by atomic mass is 19.1. The lowest BCUT2D eigenvalue weighted by Gasteiger charge is -2.07. The van der Waals surface area contributed by atoms with E-state index in [4.69, 9.17) is 5.84 Å². The van der Waals surface area contributed by atoms with E-state index in [-0.39, 0.29) is 11.8 Å². The van der Waals surface area contributed by atoms with Crippen molar-refractivity contribution >= 4 is 11.8 Å². The van der Waals surface area contributed by atoms with Crippen LogP contribution in [-0.4, -0.2) is 16.5 Å². The Balaban J connectivity index is 2.09. The molecule has 0 amide bonds. The number of halogens is 1. The van der Waals surface area contributed by atoms with Crippen molar-refractivity contribution in [3.63, 3.8) is 0 Å². The molecule has 0 aliphatic heterocycles. The fourth-order valence-electron chi connectivity index (χ4n) is 2.03. The van der Waals surface area contributed by atoms with Crippen molar-refractivity contribution in [3.8, 4) is 0 Å². The van der Waals surface area contributed by atoms with E-state index >= 15 is 0 Å². The number of nitrogens with two attached hydrogens (primary N) is 1. The summed E-state index contributed by atoms with van der Waals surface area (Å²) in [6, 6.07) is 0. The summed E-state index contributed by atoms with van der Waals surface area (Å²) < 4.78 is 13.4. The van der Waals surface area contributed by atoms with E-state index in [1.54, 1.807) is 0 Å². The van der Waals surface area contributed by atoms with Crippen LogP contribution in [0.15, 0.2) is 6.20 Å². The summed E-state index contributed by atoms with van der Waals surface area (Å²) in [7, 11) is 0. The summed E-state index contributed by atoms with van der Waals surface area (Å²) in [5, 5.41) is 2.98. The second-order valence-corrected chi connectivity index (χ2v) is 4.94. The number of rotatable bonds is 11. The van der Waals surface area contributed by atoms with E-state index in [0.29, 0.717) is 6.54 Å². The van der Waals surface area contributed by atoms with Gasteiger partial charge in [-0.25, -0.2) is 15.2 Å². The molecule has 1 aromatic rings. The zero-order valence-electron chi connectivity index (χ0n) is 12.3. The minimum atomic E-state index is -0.455. The number of hydrogen-bond donors (Lipinski definition) is 3. The predicted molar refractivity (Wildman–Crippen MR) is 80.9 cm³/mol. The Kier molecular flexibility index (Phi) is 8.62.